The Morgan fingerprint density at radius 3 is 2.73 bits per heavy atom. The molecule has 8 rings (SSSR count). The smallest absolute Gasteiger partial charge is 0.175 e. The zero-order valence-corrected chi connectivity index (χ0v) is 24.0. The van der Waals surface area contributed by atoms with Crippen LogP contribution in [-0.2, 0) is 0 Å². The molecule has 6 heterocycles. The van der Waals surface area contributed by atoms with E-state index < -0.39 is 17.8 Å². The van der Waals surface area contributed by atoms with E-state index in [4.69, 9.17) is 11.4 Å². The van der Waals surface area contributed by atoms with E-state index in [1.807, 2.05) is 6.08 Å². The van der Waals surface area contributed by atoms with Gasteiger partial charge in [0.1, 0.15) is 34.8 Å². The Kier molecular flexibility index (Phi) is 6.33. The number of nitrogens with zero attached hydrogens (tertiary/aromatic N) is 5. The van der Waals surface area contributed by atoms with E-state index in [1.165, 1.54) is 24.3 Å². The van der Waals surface area contributed by atoms with Gasteiger partial charge in [-0.1, -0.05) is 18.1 Å². The predicted molar refractivity (Wildman–Crippen MR) is 164 cm³/mol. The van der Waals surface area contributed by atoms with Gasteiger partial charge < -0.3 is 15.3 Å². The third-order valence-electron chi connectivity index (χ3n) is 9.85. The van der Waals surface area contributed by atoms with Gasteiger partial charge in [-0.05, 0) is 61.9 Å². The van der Waals surface area contributed by atoms with Crippen LogP contribution in [0.2, 0.25) is 0 Å². The number of alkyl halides is 1. The highest BCUT2D eigenvalue weighted by Crippen LogP contribution is 2.42. The molecule has 2 aromatic carbocycles. The lowest BCUT2D eigenvalue weighted by molar-refractivity contribution is 0.247. The van der Waals surface area contributed by atoms with Crippen LogP contribution in [0.3, 0.4) is 0 Å². The number of pyridine rings is 1. The molecule has 44 heavy (non-hydrogen) atoms. The highest BCUT2D eigenvalue weighted by Gasteiger charge is 2.47. The summed E-state index contributed by atoms with van der Waals surface area (Å²) in [5, 5.41) is 15.3. The minimum absolute atomic E-state index is 0.0369. The summed E-state index contributed by atoms with van der Waals surface area (Å²) >= 11 is 0. The van der Waals surface area contributed by atoms with Crippen LogP contribution in [0.25, 0.3) is 39.0 Å². The number of hydrogen-bond acceptors (Lipinski definition) is 7. The van der Waals surface area contributed by atoms with Gasteiger partial charge in [0.2, 0.25) is 0 Å². The maximum atomic E-state index is 16.8. The van der Waals surface area contributed by atoms with Crippen molar-refractivity contribution in [2.24, 2.45) is 0 Å². The highest BCUT2D eigenvalue weighted by molar-refractivity contribution is 6.03. The molecule has 0 radical (unpaired) electrons. The van der Waals surface area contributed by atoms with Crippen molar-refractivity contribution in [1.29, 1.82) is 0 Å². The summed E-state index contributed by atoms with van der Waals surface area (Å²) in [6, 6.07) is 6.15. The summed E-state index contributed by atoms with van der Waals surface area (Å²) in [4.78, 5) is 18.5. The second kappa shape index (κ2) is 10.2. The number of phenolic OH excluding ortho intramolecular Hbond substituents is 1. The van der Waals surface area contributed by atoms with Gasteiger partial charge in [0, 0.05) is 60.8 Å². The van der Waals surface area contributed by atoms with E-state index in [-0.39, 0.29) is 39.0 Å². The van der Waals surface area contributed by atoms with Crippen LogP contribution in [0.5, 0.6) is 5.75 Å². The number of hydrogen-bond donors (Lipinski definition) is 2. The summed E-state index contributed by atoms with van der Waals surface area (Å²) in [7, 11) is 0. The third-order valence-corrected chi connectivity index (χ3v) is 9.85. The molecule has 224 valence electrons. The zero-order chi connectivity index (χ0) is 30.2. The Balaban J connectivity index is 1.32. The van der Waals surface area contributed by atoms with Crippen molar-refractivity contribution in [3.8, 4) is 29.4 Å². The van der Waals surface area contributed by atoms with Crippen LogP contribution in [0.1, 0.15) is 43.5 Å². The fourth-order valence-corrected chi connectivity index (χ4v) is 7.92. The number of aromatic nitrogens is 3. The Bertz CT molecular complexity index is 1890. The molecule has 2 N–H and O–H groups in total. The summed E-state index contributed by atoms with van der Waals surface area (Å²) < 4.78 is 46.0. The lowest BCUT2D eigenvalue weighted by Crippen LogP contribution is -2.51. The number of fused-ring (bicyclic) bond motifs is 5. The average molecular weight is 597 g/mol. The fourth-order valence-electron chi connectivity index (χ4n) is 7.92. The molecule has 4 saturated heterocycles. The van der Waals surface area contributed by atoms with Gasteiger partial charge >= 0.3 is 0 Å². The van der Waals surface area contributed by atoms with E-state index in [9.17, 15) is 13.9 Å². The lowest BCUT2D eigenvalue weighted by atomic mass is 9.93. The number of benzene rings is 2. The first kappa shape index (κ1) is 27.4. The third kappa shape index (κ3) is 4.32. The molecule has 2 aromatic heterocycles. The summed E-state index contributed by atoms with van der Waals surface area (Å²) in [6.45, 7) is 2.70. The Morgan fingerprint density at radius 1 is 1.11 bits per heavy atom. The minimum Gasteiger partial charge on any atom is -0.508 e. The Labute approximate surface area is 252 Å². The van der Waals surface area contributed by atoms with Gasteiger partial charge in [0.25, 0.3) is 0 Å². The molecule has 4 aliphatic rings. The summed E-state index contributed by atoms with van der Waals surface area (Å²) in [6.07, 6.45) is 14.5. The van der Waals surface area contributed by atoms with Gasteiger partial charge in [-0.15, -0.1) is 6.42 Å². The molecule has 0 saturated carbocycles. The minimum atomic E-state index is -0.884. The van der Waals surface area contributed by atoms with Crippen LogP contribution < -0.4 is 10.2 Å². The maximum Gasteiger partial charge on any atom is 0.175 e. The monoisotopic (exact) mass is 596 g/mol. The molecule has 0 amide bonds. The first-order chi connectivity index (χ1) is 21.3. The molecular formula is C34H31F3N6O. The van der Waals surface area contributed by atoms with E-state index >= 15 is 4.39 Å². The topological polar surface area (TPSA) is 77.4 Å². The summed E-state index contributed by atoms with van der Waals surface area (Å²) in [5.74, 6) is 1.83. The molecule has 4 aliphatic heterocycles. The first-order valence-electron chi connectivity index (χ1n) is 15.2. The highest BCUT2D eigenvalue weighted by atomic mass is 19.1. The standard InChI is InChI=1S/C34H31F3N6O/c1-2-24-27(36)7-4-19-12-23(44)13-25(29(19)24)31-30(37)32-26(15-38-31)33(42-17-21-5-6-22(18-42)39-21)41-28(40-32)8-10-34-9-3-11-43(34)16-20(35)14-34/h1,4,7-8,10,12-13,15,20-22,39,44H,3,5-6,9,11,14,16-18H2/b10-8+. The molecule has 2 bridgehead atoms. The van der Waals surface area contributed by atoms with E-state index in [2.05, 4.69) is 31.0 Å². The molecule has 7 nitrogen and oxygen atoms in total. The lowest BCUT2D eigenvalue weighted by Gasteiger charge is -2.34. The van der Waals surface area contributed by atoms with Gasteiger partial charge in [-0.25, -0.2) is 23.1 Å². The quantitative estimate of drug-likeness (QED) is 0.308. The number of aromatic hydroxyl groups is 1. The van der Waals surface area contributed by atoms with Gasteiger partial charge in [0.15, 0.2) is 11.6 Å². The number of phenols is 1. The van der Waals surface area contributed by atoms with Crippen molar-refractivity contribution < 1.29 is 18.3 Å². The molecule has 0 aliphatic carbocycles. The number of terminal acetylenes is 1. The van der Waals surface area contributed by atoms with Crippen LogP contribution in [0, 0.1) is 24.0 Å². The Hall–Kier alpha value is -4.20. The average Bonchev–Trinajstić information content (AvgIpc) is 3.66. The predicted octanol–water partition coefficient (Wildman–Crippen LogP) is 5.34. The van der Waals surface area contributed by atoms with E-state index in [0.29, 0.717) is 47.5 Å². The van der Waals surface area contributed by atoms with Crippen molar-refractivity contribution in [1.82, 2.24) is 25.2 Å². The van der Waals surface area contributed by atoms with Gasteiger partial charge in [-0.3, -0.25) is 9.88 Å². The number of piperazine rings is 1. The van der Waals surface area contributed by atoms with Gasteiger partial charge in [-0.2, -0.15) is 0 Å². The number of halogens is 3. The Morgan fingerprint density at radius 2 is 1.93 bits per heavy atom. The number of anilines is 1. The van der Waals surface area contributed by atoms with Crippen LogP contribution in [0.4, 0.5) is 19.0 Å². The van der Waals surface area contributed by atoms with Crippen molar-refractivity contribution in [3.05, 3.63) is 59.6 Å². The van der Waals surface area contributed by atoms with Crippen molar-refractivity contribution in [3.63, 3.8) is 0 Å². The van der Waals surface area contributed by atoms with Crippen molar-refractivity contribution >= 4 is 33.6 Å². The molecule has 0 spiro atoms. The second-order valence-electron chi connectivity index (χ2n) is 12.6. The molecule has 4 aromatic rings. The number of rotatable bonds is 4. The first-order valence-corrected chi connectivity index (χ1v) is 15.2. The SMILES string of the molecule is C#Cc1c(F)ccc2cc(O)cc(-c3ncc4c(N5CC6CCC(C5)N6)nc(/C=C/C56CCCN5CC(F)C6)nc4c3F)c12. The van der Waals surface area contributed by atoms with Crippen LogP contribution in [-0.4, -0.2) is 74.9 Å². The normalized spacial score (nSPS) is 26.7. The molecule has 4 unspecified atom stereocenters. The number of nitrogens with one attached hydrogen (secondary N) is 1. The molecule has 4 atom stereocenters. The van der Waals surface area contributed by atoms with Crippen molar-refractivity contribution in [2.75, 3.05) is 31.1 Å². The zero-order valence-electron chi connectivity index (χ0n) is 24.0. The largest absolute Gasteiger partial charge is 0.508 e. The molecular weight excluding hydrogens is 565 g/mol. The second-order valence-corrected chi connectivity index (χ2v) is 12.6. The van der Waals surface area contributed by atoms with Crippen molar-refractivity contribution in [2.45, 2.75) is 55.9 Å². The van der Waals surface area contributed by atoms with E-state index in [0.717, 1.165) is 45.3 Å². The van der Waals surface area contributed by atoms with Crippen LogP contribution >= 0.6 is 0 Å². The van der Waals surface area contributed by atoms with E-state index in [1.54, 1.807) is 12.3 Å². The van der Waals surface area contributed by atoms with Crippen LogP contribution in [0.15, 0.2) is 36.5 Å². The fraction of sp³-hybridized carbons (Fsp3) is 0.382. The maximum absolute atomic E-state index is 16.8. The van der Waals surface area contributed by atoms with Gasteiger partial charge in [0.05, 0.1) is 10.9 Å². The molecule has 4 fully saturated rings. The summed E-state index contributed by atoms with van der Waals surface area (Å²) in [5.41, 5.74) is -0.284. The molecule has 10 heteroatoms.